The summed E-state index contributed by atoms with van der Waals surface area (Å²) in [4.78, 5) is 47.6. The van der Waals surface area contributed by atoms with Crippen LogP contribution in [0.4, 0.5) is 0 Å². The second kappa shape index (κ2) is 11.7. The SMILES string of the molecule is CC(C)C(NC(=O)C(N)CO)C(=O)NC(C(=O)NC(CS)C(=O)O)C(C)O. The number of aliphatic hydroxyl groups excluding tert-OH is 2. The van der Waals surface area contributed by atoms with E-state index in [0.717, 1.165) is 0 Å². The summed E-state index contributed by atoms with van der Waals surface area (Å²) in [5.41, 5.74) is 5.40. The molecule has 12 heteroatoms. The molecule has 0 saturated heterocycles. The largest absolute Gasteiger partial charge is 0.480 e. The molecule has 5 atom stereocenters. The number of hydrogen-bond acceptors (Lipinski definition) is 8. The van der Waals surface area contributed by atoms with Gasteiger partial charge in [0, 0.05) is 5.75 Å². The molecule has 8 N–H and O–H groups in total. The van der Waals surface area contributed by atoms with Crippen molar-refractivity contribution in [2.24, 2.45) is 11.7 Å². The fourth-order valence-electron chi connectivity index (χ4n) is 1.97. The van der Waals surface area contributed by atoms with Gasteiger partial charge < -0.3 is 37.0 Å². The molecule has 3 amide bonds. The van der Waals surface area contributed by atoms with E-state index in [2.05, 4.69) is 28.6 Å². The van der Waals surface area contributed by atoms with Crippen molar-refractivity contribution in [2.75, 3.05) is 12.4 Å². The standard InChI is InChI=1S/C15H28N4O7S/c1-6(2)10(18-12(22)8(16)4-20)13(23)19-11(7(3)21)14(24)17-9(5-27)15(25)26/h6-11,20-21,27H,4-5,16H2,1-3H3,(H,17,24)(H,18,22)(H,19,23)(H,25,26). The molecule has 0 aromatic rings. The van der Waals surface area contributed by atoms with Crippen LogP contribution >= 0.6 is 12.6 Å². The lowest BCUT2D eigenvalue weighted by Gasteiger charge is -2.27. The minimum Gasteiger partial charge on any atom is -0.480 e. The average molecular weight is 408 g/mol. The van der Waals surface area contributed by atoms with Gasteiger partial charge in [0.2, 0.25) is 17.7 Å². The van der Waals surface area contributed by atoms with Gasteiger partial charge in [-0.05, 0) is 12.8 Å². The molecular weight excluding hydrogens is 380 g/mol. The molecular formula is C15H28N4O7S. The van der Waals surface area contributed by atoms with Crippen molar-refractivity contribution in [1.82, 2.24) is 16.0 Å². The molecule has 0 aromatic heterocycles. The third-order valence-electron chi connectivity index (χ3n) is 3.64. The number of thiol groups is 1. The van der Waals surface area contributed by atoms with Crippen molar-refractivity contribution in [3.63, 3.8) is 0 Å². The van der Waals surface area contributed by atoms with Crippen LogP contribution in [0.25, 0.3) is 0 Å². The first-order valence-corrected chi connectivity index (χ1v) is 8.88. The molecule has 0 rings (SSSR count). The minimum atomic E-state index is -1.45. The van der Waals surface area contributed by atoms with Crippen molar-refractivity contribution in [3.05, 3.63) is 0 Å². The van der Waals surface area contributed by atoms with Crippen LogP contribution in [0.5, 0.6) is 0 Å². The number of carbonyl (C=O) groups is 4. The number of carboxylic acid groups (broad SMARTS) is 1. The highest BCUT2D eigenvalue weighted by atomic mass is 32.1. The number of nitrogens with one attached hydrogen (secondary N) is 3. The lowest BCUT2D eigenvalue weighted by molar-refractivity contribution is -0.142. The Labute approximate surface area is 162 Å². The van der Waals surface area contributed by atoms with E-state index in [1.165, 1.54) is 6.92 Å². The number of rotatable bonds is 11. The smallest absolute Gasteiger partial charge is 0.327 e. The van der Waals surface area contributed by atoms with Gasteiger partial charge in [-0.25, -0.2) is 4.79 Å². The van der Waals surface area contributed by atoms with Gasteiger partial charge in [0.25, 0.3) is 0 Å². The Balaban J connectivity index is 5.24. The van der Waals surface area contributed by atoms with E-state index in [1.807, 2.05) is 0 Å². The van der Waals surface area contributed by atoms with Gasteiger partial charge in [0.05, 0.1) is 12.7 Å². The summed E-state index contributed by atoms with van der Waals surface area (Å²) in [6.45, 7) is 3.89. The van der Waals surface area contributed by atoms with E-state index in [0.29, 0.717) is 0 Å². The van der Waals surface area contributed by atoms with Gasteiger partial charge in [-0.1, -0.05) is 13.8 Å². The first kappa shape index (κ1) is 25.1. The maximum Gasteiger partial charge on any atom is 0.327 e. The van der Waals surface area contributed by atoms with Gasteiger partial charge in [0.1, 0.15) is 24.2 Å². The summed E-state index contributed by atoms with van der Waals surface area (Å²) in [5, 5.41) is 34.5. The molecule has 27 heavy (non-hydrogen) atoms. The van der Waals surface area contributed by atoms with Crippen molar-refractivity contribution in [2.45, 2.75) is 51.0 Å². The molecule has 0 fully saturated rings. The Morgan fingerprint density at radius 2 is 1.44 bits per heavy atom. The Morgan fingerprint density at radius 1 is 0.963 bits per heavy atom. The summed E-state index contributed by atoms with van der Waals surface area (Å²) < 4.78 is 0. The Hall–Kier alpha value is -1.89. The maximum absolute atomic E-state index is 12.5. The first-order chi connectivity index (χ1) is 12.5. The highest BCUT2D eigenvalue weighted by molar-refractivity contribution is 7.80. The Kier molecular flexibility index (Phi) is 10.9. The highest BCUT2D eigenvalue weighted by Gasteiger charge is 2.33. The zero-order valence-electron chi connectivity index (χ0n) is 15.4. The molecule has 0 aliphatic carbocycles. The minimum absolute atomic E-state index is 0.189. The summed E-state index contributed by atoms with van der Waals surface area (Å²) in [5.74, 6) is -4.36. The molecule has 0 radical (unpaired) electrons. The molecule has 0 aliphatic rings. The number of carboxylic acids is 1. The number of hydrogen-bond donors (Lipinski definition) is 8. The second-order valence-corrected chi connectivity index (χ2v) is 6.69. The topological polar surface area (TPSA) is 191 Å². The summed E-state index contributed by atoms with van der Waals surface area (Å²) in [6, 6.07) is -5.07. The summed E-state index contributed by atoms with van der Waals surface area (Å²) in [6.07, 6.45) is -1.34. The molecule has 0 spiro atoms. The van der Waals surface area contributed by atoms with Crippen LogP contribution in [0.3, 0.4) is 0 Å². The Bertz CT molecular complexity index is 544. The zero-order chi connectivity index (χ0) is 21.3. The molecule has 11 nitrogen and oxygen atoms in total. The number of aliphatic carboxylic acids is 1. The molecule has 0 heterocycles. The predicted octanol–water partition coefficient (Wildman–Crippen LogP) is -3.19. The van der Waals surface area contributed by atoms with Crippen molar-refractivity contribution < 1.29 is 34.5 Å². The van der Waals surface area contributed by atoms with Crippen LogP contribution in [0.1, 0.15) is 20.8 Å². The van der Waals surface area contributed by atoms with Gasteiger partial charge in [0.15, 0.2) is 0 Å². The Morgan fingerprint density at radius 3 is 1.81 bits per heavy atom. The van der Waals surface area contributed by atoms with Crippen molar-refractivity contribution in [1.29, 1.82) is 0 Å². The molecule has 156 valence electrons. The van der Waals surface area contributed by atoms with E-state index in [9.17, 15) is 24.3 Å². The molecule has 0 aliphatic heterocycles. The van der Waals surface area contributed by atoms with Crippen LogP contribution in [-0.2, 0) is 19.2 Å². The van der Waals surface area contributed by atoms with Gasteiger partial charge in [-0.15, -0.1) is 0 Å². The first-order valence-electron chi connectivity index (χ1n) is 8.25. The monoisotopic (exact) mass is 408 g/mol. The quantitative estimate of drug-likeness (QED) is 0.164. The number of aliphatic hydroxyl groups is 2. The summed E-state index contributed by atoms with van der Waals surface area (Å²) >= 11 is 3.82. The second-order valence-electron chi connectivity index (χ2n) is 6.33. The van der Waals surface area contributed by atoms with Gasteiger partial charge >= 0.3 is 5.97 Å². The van der Waals surface area contributed by atoms with Crippen molar-refractivity contribution in [3.8, 4) is 0 Å². The molecule has 0 bridgehead atoms. The summed E-state index contributed by atoms with van der Waals surface area (Å²) in [7, 11) is 0. The van der Waals surface area contributed by atoms with Crippen LogP contribution in [0.15, 0.2) is 0 Å². The highest BCUT2D eigenvalue weighted by Crippen LogP contribution is 2.05. The van der Waals surface area contributed by atoms with E-state index in [4.69, 9.17) is 15.9 Å². The zero-order valence-corrected chi connectivity index (χ0v) is 16.3. The van der Waals surface area contributed by atoms with Crippen LogP contribution in [0, 0.1) is 5.92 Å². The molecule has 5 unspecified atom stereocenters. The predicted molar refractivity (Wildman–Crippen MR) is 98.9 cm³/mol. The lowest BCUT2D eigenvalue weighted by atomic mass is 10.0. The van der Waals surface area contributed by atoms with Crippen LogP contribution < -0.4 is 21.7 Å². The van der Waals surface area contributed by atoms with Gasteiger partial charge in [-0.3, -0.25) is 14.4 Å². The maximum atomic E-state index is 12.5. The van der Waals surface area contributed by atoms with Crippen LogP contribution in [-0.4, -0.2) is 81.6 Å². The van der Waals surface area contributed by atoms with E-state index >= 15 is 0 Å². The van der Waals surface area contributed by atoms with E-state index < -0.39 is 66.5 Å². The van der Waals surface area contributed by atoms with Gasteiger partial charge in [-0.2, -0.15) is 12.6 Å². The number of amides is 3. The van der Waals surface area contributed by atoms with E-state index in [-0.39, 0.29) is 5.75 Å². The van der Waals surface area contributed by atoms with Crippen LogP contribution in [0.2, 0.25) is 0 Å². The molecule has 0 aromatic carbocycles. The lowest BCUT2D eigenvalue weighted by Crippen LogP contribution is -2.61. The number of carbonyl (C=O) groups excluding carboxylic acids is 3. The molecule has 0 saturated carbocycles. The third kappa shape index (κ3) is 8.12. The average Bonchev–Trinajstić information content (AvgIpc) is 2.59. The normalized spacial score (nSPS) is 16.6. The fraction of sp³-hybridized carbons (Fsp3) is 0.733. The van der Waals surface area contributed by atoms with Crippen molar-refractivity contribution >= 4 is 36.3 Å². The number of nitrogens with two attached hydrogens (primary N) is 1. The third-order valence-corrected chi connectivity index (χ3v) is 4.01. The van der Waals surface area contributed by atoms with E-state index in [1.54, 1.807) is 13.8 Å². The fourth-order valence-corrected chi connectivity index (χ4v) is 2.22.